The van der Waals surface area contributed by atoms with E-state index in [1.165, 1.54) is 0 Å². The Kier molecular flexibility index (Phi) is 5.44. The summed E-state index contributed by atoms with van der Waals surface area (Å²) >= 11 is 0. The third-order valence-corrected chi connectivity index (χ3v) is 4.98. The predicted molar refractivity (Wildman–Crippen MR) is 121 cm³/mol. The predicted octanol–water partition coefficient (Wildman–Crippen LogP) is 4.77. The first-order valence-electron chi connectivity index (χ1n) is 9.63. The van der Waals surface area contributed by atoms with Gasteiger partial charge in [0.25, 0.3) is 0 Å². The summed E-state index contributed by atoms with van der Waals surface area (Å²) in [5.74, 6) is -0.438. The van der Waals surface area contributed by atoms with Crippen LogP contribution in [0, 0.1) is 0 Å². The Hall–Kier alpha value is -4.12. The highest BCUT2D eigenvalue weighted by molar-refractivity contribution is 5.92. The van der Waals surface area contributed by atoms with Gasteiger partial charge in [0.1, 0.15) is 0 Å². The summed E-state index contributed by atoms with van der Waals surface area (Å²) in [4.78, 5) is 17.7. The van der Waals surface area contributed by atoms with Crippen molar-refractivity contribution in [1.29, 1.82) is 0 Å². The van der Waals surface area contributed by atoms with E-state index in [0.29, 0.717) is 17.8 Å². The average molecular weight is 394 g/mol. The molecule has 4 N–H and O–H groups in total. The fourth-order valence-electron chi connectivity index (χ4n) is 3.38. The molecule has 148 valence electrons. The molecule has 0 bridgehead atoms. The van der Waals surface area contributed by atoms with Crippen molar-refractivity contribution >= 4 is 23.0 Å². The summed E-state index contributed by atoms with van der Waals surface area (Å²) in [6.07, 6.45) is 3.52. The average Bonchev–Trinajstić information content (AvgIpc) is 2.79. The zero-order valence-corrected chi connectivity index (χ0v) is 16.4. The van der Waals surface area contributed by atoms with E-state index >= 15 is 0 Å². The summed E-state index contributed by atoms with van der Waals surface area (Å²) in [6.45, 7) is 0.575. The van der Waals surface area contributed by atoms with Crippen LogP contribution >= 0.6 is 0 Å². The van der Waals surface area contributed by atoms with E-state index in [4.69, 9.17) is 11.5 Å². The van der Waals surface area contributed by atoms with Crippen LogP contribution in [-0.4, -0.2) is 10.9 Å². The second-order valence-corrected chi connectivity index (χ2v) is 6.99. The summed E-state index contributed by atoms with van der Waals surface area (Å²) in [6, 6.07) is 27.5. The Labute approximate surface area is 175 Å². The minimum Gasteiger partial charge on any atom is -0.397 e. The molecule has 1 amide bonds. The van der Waals surface area contributed by atoms with Gasteiger partial charge in [0.15, 0.2) is 0 Å². The van der Waals surface area contributed by atoms with E-state index in [1.54, 1.807) is 24.5 Å². The number of hydrogen-bond donors (Lipinski definition) is 2. The molecule has 0 saturated heterocycles. The number of nitrogens with zero attached hydrogens (tertiary/aromatic N) is 2. The van der Waals surface area contributed by atoms with Gasteiger partial charge in [0.05, 0.1) is 11.4 Å². The monoisotopic (exact) mass is 394 g/mol. The summed E-state index contributed by atoms with van der Waals surface area (Å²) < 4.78 is 0. The fourth-order valence-corrected chi connectivity index (χ4v) is 3.38. The molecule has 30 heavy (non-hydrogen) atoms. The summed E-state index contributed by atoms with van der Waals surface area (Å²) in [7, 11) is 0. The van der Waals surface area contributed by atoms with E-state index in [-0.39, 0.29) is 0 Å². The number of anilines is 3. The standard InChI is InChI=1S/C25H22N4O/c26-23-11-10-21(19-4-2-1-3-5-19)16-24(23)29(22-12-14-28-15-13-22)17-18-6-8-20(9-7-18)25(27)30/h1-16H,17,26H2,(H2,27,30). The number of amides is 1. The second kappa shape index (κ2) is 8.49. The second-order valence-electron chi connectivity index (χ2n) is 6.99. The van der Waals surface area contributed by atoms with Crippen molar-refractivity contribution < 1.29 is 4.79 Å². The molecule has 0 aliphatic carbocycles. The van der Waals surface area contributed by atoms with Crippen molar-refractivity contribution in [1.82, 2.24) is 4.98 Å². The molecular weight excluding hydrogens is 372 g/mol. The van der Waals surface area contributed by atoms with Gasteiger partial charge in [-0.2, -0.15) is 0 Å². The third-order valence-electron chi connectivity index (χ3n) is 4.98. The SMILES string of the molecule is NC(=O)c1ccc(CN(c2ccncc2)c2cc(-c3ccccc3)ccc2N)cc1. The number of nitrogen functional groups attached to an aromatic ring is 1. The fraction of sp³-hybridized carbons (Fsp3) is 0.0400. The van der Waals surface area contributed by atoms with Crippen LogP contribution in [-0.2, 0) is 6.54 Å². The molecule has 5 nitrogen and oxygen atoms in total. The number of rotatable bonds is 6. The quantitative estimate of drug-likeness (QED) is 0.461. The van der Waals surface area contributed by atoms with Gasteiger partial charge in [-0.25, -0.2) is 0 Å². The van der Waals surface area contributed by atoms with Crippen LogP contribution in [0.25, 0.3) is 11.1 Å². The van der Waals surface area contributed by atoms with Crippen molar-refractivity contribution in [2.45, 2.75) is 6.54 Å². The molecule has 0 spiro atoms. The van der Waals surface area contributed by atoms with E-state index < -0.39 is 5.91 Å². The minimum atomic E-state index is -0.438. The molecule has 0 aliphatic rings. The molecule has 4 rings (SSSR count). The van der Waals surface area contributed by atoms with Crippen LogP contribution in [0.3, 0.4) is 0 Å². The van der Waals surface area contributed by atoms with E-state index in [2.05, 4.69) is 28.1 Å². The summed E-state index contributed by atoms with van der Waals surface area (Å²) in [5.41, 5.74) is 18.1. The number of pyridine rings is 1. The minimum absolute atomic E-state index is 0.438. The maximum absolute atomic E-state index is 11.4. The Morgan fingerprint density at radius 2 is 1.53 bits per heavy atom. The lowest BCUT2D eigenvalue weighted by Gasteiger charge is -2.27. The molecule has 0 atom stereocenters. The molecule has 4 aromatic rings. The number of carbonyl (C=O) groups excluding carboxylic acids is 1. The van der Waals surface area contributed by atoms with Gasteiger partial charge in [-0.05, 0) is 53.1 Å². The number of aromatic nitrogens is 1. The van der Waals surface area contributed by atoms with Crippen molar-refractivity contribution in [3.8, 4) is 11.1 Å². The van der Waals surface area contributed by atoms with Crippen LogP contribution in [0.1, 0.15) is 15.9 Å². The smallest absolute Gasteiger partial charge is 0.248 e. The van der Waals surface area contributed by atoms with E-state index in [0.717, 1.165) is 28.1 Å². The van der Waals surface area contributed by atoms with Crippen LogP contribution in [0.5, 0.6) is 0 Å². The highest BCUT2D eigenvalue weighted by Crippen LogP contribution is 2.35. The van der Waals surface area contributed by atoms with Crippen LogP contribution in [0.2, 0.25) is 0 Å². The number of carbonyl (C=O) groups is 1. The van der Waals surface area contributed by atoms with Crippen LogP contribution in [0.4, 0.5) is 17.1 Å². The Bertz CT molecular complexity index is 1140. The molecular formula is C25H22N4O. The number of benzene rings is 3. The first kappa shape index (κ1) is 19.2. The van der Waals surface area contributed by atoms with Gasteiger partial charge in [0.2, 0.25) is 5.91 Å². The highest BCUT2D eigenvalue weighted by atomic mass is 16.1. The first-order chi connectivity index (χ1) is 14.6. The molecule has 5 heteroatoms. The number of primary amides is 1. The molecule has 0 aliphatic heterocycles. The number of nitrogens with two attached hydrogens (primary N) is 2. The number of hydrogen-bond acceptors (Lipinski definition) is 4. The topological polar surface area (TPSA) is 85.2 Å². The van der Waals surface area contributed by atoms with Gasteiger partial charge >= 0.3 is 0 Å². The molecule has 1 aromatic heterocycles. The van der Waals surface area contributed by atoms with Gasteiger partial charge in [-0.3, -0.25) is 9.78 Å². The Morgan fingerprint density at radius 1 is 0.833 bits per heavy atom. The largest absolute Gasteiger partial charge is 0.397 e. The molecule has 0 fully saturated rings. The Balaban J connectivity index is 1.76. The normalized spacial score (nSPS) is 10.5. The van der Waals surface area contributed by atoms with Crippen molar-refractivity contribution in [3.63, 3.8) is 0 Å². The van der Waals surface area contributed by atoms with Crippen molar-refractivity contribution in [2.75, 3.05) is 10.6 Å². The molecule has 1 heterocycles. The maximum atomic E-state index is 11.4. The van der Waals surface area contributed by atoms with Crippen molar-refractivity contribution in [2.24, 2.45) is 5.73 Å². The molecule has 0 radical (unpaired) electrons. The Morgan fingerprint density at radius 3 is 2.20 bits per heavy atom. The lowest BCUT2D eigenvalue weighted by atomic mass is 10.0. The lowest BCUT2D eigenvalue weighted by Crippen LogP contribution is -2.18. The van der Waals surface area contributed by atoms with E-state index in [9.17, 15) is 4.79 Å². The van der Waals surface area contributed by atoms with Crippen LogP contribution < -0.4 is 16.4 Å². The van der Waals surface area contributed by atoms with Gasteiger partial charge in [-0.1, -0.05) is 48.5 Å². The maximum Gasteiger partial charge on any atom is 0.248 e. The van der Waals surface area contributed by atoms with Crippen molar-refractivity contribution in [3.05, 3.63) is 108 Å². The first-order valence-corrected chi connectivity index (χ1v) is 9.63. The van der Waals surface area contributed by atoms with Gasteiger partial charge in [0, 0.05) is 30.2 Å². The zero-order valence-electron chi connectivity index (χ0n) is 16.4. The van der Waals surface area contributed by atoms with E-state index in [1.807, 2.05) is 54.6 Å². The van der Waals surface area contributed by atoms with Crippen LogP contribution in [0.15, 0.2) is 97.3 Å². The zero-order chi connectivity index (χ0) is 20.9. The van der Waals surface area contributed by atoms with Gasteiger partial charge in [-0.15, -0.1) is 0 Å². The lowest BCUT2D eigenvalue weighted by molar-refractivity contribution is 0.100. The third kappa shape index (κ3) is 4.15. The molecule has 0 unspecified atom stereocenters. The molecule has 0 saturated carbocycles. The molecule has 3 aromatic carbocycles. The highest BCUT2D eigenvalue weighted by Gasteiger charge is 2.15. The summed E-state index contributed by atoms with van der Waals surface area (Å²) in [5, 5.41) is 0. The van der Waals surface area contributed by atoms with Gasteiger partial charge < -0.3 is 16.4 Å².